The van der Waals surface area contributed by atoms with Crippen LogP contribution in [-0.4, -0.2) is 24.3 Å². The molecule has 2 aliphatic rings. The molecule has 0 spiro atoms. The fourth-order valence-electron chi connectivity index (χ4n) is 1.72. The van der Waals surface area contributed by atoms with E-state index in [0.29, 0.717) is 6.61 Å². The lowest BCUT2D eigenvalue weighted by molar-refractivity contribution is 0.0445. The third-order valence-electron chi connectivity index (χ3n) is 3.09. The van der Waals surface area contributed by atoms with Crippen molar-refractivity contribution in [3.63, 3.8) is 0 Å². The molecule has 0 aromatic carbocycles. The van der Waals surface area contributed by atoms with Crippen molar-refractivity contribution in [1.29, 1.82) is 0 Å². The summed E-state index contributed by atoms with van der Waals surface area (Å²) in [6.07, 6.45) is 6.46. The molecule has 0 bridgehead atoms. The molecule has 0 unspecified atom stereocenters. The first kappa shape index (κ1) is 7.56. The van der Waals surface area contributed by atoms with Gasteiger partial charge in [0.2, 0.25) is 0 Å². The third kappa shape index (κ3) is 1.57. The largest absolute Gasteiger partial charge is 0.396 e. The fourth-order valence-corrected chi connectivity index (χ4v) is 1.72. The van der Waals surface area contributed by atoms with Crippen molar-refractivity contribution in [2.45, 2.75) is 38.1 Å². The minimum Gasteiger partial charge on any atom is -0.396 e. The molecule has 2 saturated carbocycles. The number of aliphatic hydroxyl groups excluding tert-OH is 1. The van der Waals surface area contributed by atoms with Crippen molar-refractivity contribution in [2.24, 2.45) is 5.41 Å². The lowest BCUT2D eigenvalue weighted by Gasteiger charge is -2.40. The zero-order chi connectivity index (χ0) is 7.73. The molecular formula is C9H17NO. The molecule has 2 fully saturated rings. The van der Waals surface area contributed by atoms with Crippen LogP contribution >= 0.6 is 0 Å². The van der Waals surface area contributed by atoms with Crippen LogP contribution in [0.25, 0.3) is 0 Å². The number of nitrogens with one attached hydrogen (secondary N) is 1. The standard InChI is InChI=1S/C9H17NO/c11-7-9(4-1-5-9)6-10-8-2-3-8/h8,10-11H,1-7H2. The third-order valence-corrected chi connectivity index (χ3v) is 3.09. The zero-order valence-electron chi connectivity index (χ0n) is 6.97. The number of rotatable bonds is 4. The molecule has 2 nitrogen and oxygen atoms in total. The Kier molecular flexibility index (Phi) is 1.90. The van der Waals surface area contributed by atoms with Crippen molar-refractivity contribution in [3.8, 4) is 0 Å². The van der Waals surface area contributed by atoms with Gasteiger partial charge >= 0.3 is 0 Å². The van der Waals surface area contributed by atoms with Crippen LogP contribution in [0.15, 0.2) is 0 Å². The highest BCUT2D eigenvalue weighted by Gasteiger charge is 2.37. The minimum absolute atomic E-state index is 0.280. The smallest absolute Gasteiger partial charge is 0.0499 e. The zero-order valence-corrected chi connectivity index (χ0v) is 6.97. The van der Waals surface area contributed by atoms with Crippen molar-refractivity contribution in [1.82, 2.24) is 5.32 Å². The monoisotopic (exact) mass is 155 g/mol. The van der Waals surface area contributed by atoms with Gasteiger partial charge in [-0.1, -0.05) is 6.42 Å². The van der Waals surface area contributed by atoms with Crippen molar-refractivity contribution < 1.29 is 5.11 Å². The van der Waals surface area contributed by atoms with Gasteiger partial charge in [-0.05, 0) is 25.7 Å². The van der Waals surface area contributed by atoms with Gasteiger partial charge in [-0.15, -0.1) is 0 Å². The van der Waals surface area contributed by atoms with Crippen LogP contribution in [0, 0.1) is 5.41 Å². The summed E-state index contributed by atoms with van der Waals surface area (Å²) in [4.78, 5) is 0. The molecule has 2 rings (SSSR count). The predicted octanol–water partition coefficient (Wildman–Crippen LogP) is 0.901. The minimum atomic E-state index is 0.280. The first-order chi connectivity index (χ1) is 5.35. The van der Waals surface area contributed by atoms with Crippen LogP contribution in [0.1, 0.15) is 32.1 Å². The summed E-state index contributed by atoms with van der Waals surface area (Å²) in [6.45, 7) is 1.43. The van der Waals surface area contributed by atoms with E-state index in [9.17, 15) is 0 Å². The van der Waals surface area contributed by atoms with Gasteiger partial charge in [0.05, 0.1) is 0 Å². The van der Waals surface area contributed by atoms with Crippen molar-refractivity contribution >= 4 is 0 Å². The van der Waals surface area contributed by atoms with Crippen molar-refractivity contribution in [2.75, 3.05) is 13.2 Å². The number of aliphatic hydroxyl groups is 1. The Labute approximate surface area is 68.0 Å². The van der Waals surface area contributed by atoms with Crippen LogP contribution in [-0.2, 0) is 0 Å². The second-order valence-corrected chi connectivity index (χ2v) is 4.17. The Morgan fingerprint density at radius 3 is 2.45 bits per heavy atom. The molecule has 0 heterocycles. The summed E-state index contributed by atoms with van der Waals surface area (Å²) in [5.41, 5.74) is 0.280. The molecule has 0 atom stereocenters. The molecule has 11 heavy (non-hydrogen) atoms. The van der Waals surface area contributed by atoms with Gasteiger partial charge in [0.1, 0.15) is 0 Å². The van der Waals surface area contributed by atoms with Gasteiger partial charge in [-0.3, -0.25) is 0 Å². The van der Waals surface area contributed by atoms with Gasteiger partial charge < -0.3 is 10.4 Å². The molecule has 2 heteroatoms. The van der Waals surface area contributed by atoms with Crippen LogP contribution < -0.4 is 5.32 Å². The van der Waals surface area contributed by atoms with E-state index >= 15 is 0 Å². The summed E-state index contributed by atoms with van der Waals surface area (Å²) < 4.78 is 0. The summed E-state index contributed by atoms with van der Waals surface area (Å²) in [6, 6.07) is 0.791. The topological polar surface area (TPSA) is 32.3 Å². The average Bonchev–Trinajstić information content (AvgIpc) is 2.70. The Bertz CT molecular complexity index is 133. The van der Waals surface area contributed by atoms with Gasteiger partial charge in [0, 0.05) is 24.6 Å². The second-order valence-electron chi connectivity index (χ2n) is 4.17. The van der Waals surface area contributed by atoms with E-state index in [1.165, 1.54) is 32.1 Å². The number of hydrogen-bond donors (Lipinski definition) is 2. The van der Waals surface area contributed by atoms with E-state index in [4.69, 9.17) is 5.11 Å². The molecule has 0 radical (unpaired) electrons. The Morgan fingerprint density at radius 2 is 2.09 bits per heavy atom. The number of hydrogen-bond acceptors (Lipinski definition) is 2. The molecular weight excluding hydrogens is 138 g/mol. The molecule has 0 amide bonds. The summed E-state index contributed by atoms with van der Waals surface area (Å²) in [5.74, 6) is 0. The van der Waals surface area contributed by atoms with E-state index in [1.54, 1.807) is 0 Å². The van der Waals surface area contributed by atoms with Crippen molar-refractivity contribution in [3.05, 3.63) is 0 Å². The fraction of sp³-hybridized carbons (Fsp3) is 1.00. The molecule has 64 valence electrons. The maximum atomic E-state index is 9.13. The van der Waals surface area contributed by atoms with E-state index < -0.39 is 0 Å². The van der Waals surface area contributed by atoms with Gasteiger partial charge in [-0.2, -0.15) is 0 Å². The quantitative estimate of drug-likeness (QED) is 0.632. The van der Waals surface area contributed by atoms with E-state index in [2.05, 4.69) is 5.32 Å². The van der Waals surface area contributed by atoms with E-state index in [-0.39, 0.29) is 5.41 Å². The van der Waals surface area contributed by atoms with E-state index in [1.807, 2.05) is 0 Å². The SMILES string of the molecule is OCC1(CNC2CC2)CCC1. The van der Waals surface area contributed by atoms with Gasteiger partial charge in [0.25, 0.3) is 0 Å². The molecule has 2 aliphatic carbocycles. The average molecular weight is 155 g/mol. The van der Waals surface area contributed by atoms with Crippen LogP contribution in [0.5, 0.6) is 0 Å². The van der Waals surface area contributed by atoms with Crippen LogP contribution in [0.3, 0.4) is 0 Å². The highest BCUT2D eigenvalue weighted by atomic mass is 16.3. The Hall–Kier alpha value is -0.0800. The molecule has 0 saturated heterocycles. The Balaban J connectivity index is 1.72. The highest BCUT2D eigenvalue weighted by molar-refractivity contribution is 4.92. The second kappa shape index (κ2) is 2.76. The van der Waals surface area contributed by atoms with E-state index in [0.717, 1.165) is 12.6 Å². The lowest BCUT2D eigenvalue weighted by atomic mass is 9.69. The van der Waals surface area contributed by atoms with Crippen LogP contribution in [0.2, 0.25) is 0 Å². The summed E-state index contributed by atoms with van der Waals surface area (Å²) in [7, 11) is 0. The maximum Gasteiger partial charge on any atom is 0.0499 e. The lowest BCUT2D eigenvalue weighted by Crippen LogP contribution is -2.43. The maximum absolute atomic E-state index is 9.13. The highest BCUT2D eigenvalue weighted by Crippen LogP contribution is 2.40. The van der Waals surface area contributed by atoms with Gasteiger partial charge in [-0.25, -0.2) is 0 Å². The first-order valence-corrected chi connectivity index (χ1v) is 4.69. The molecule has 0 aromatic heterocycles. The predicted molar refractivity (Wildman–Crippen MR) is 44.4 cm³/mol. The normalized spacial score (nSPS) is 28.1. The molecule has 2 N–H and O–H groups in total. The summed E-state index contributed by atoms with van der Waals surface area (Å²) in [5, 5.41) is 12.6. The summed E-state index contributed by atoms with van der Waals surface area (Å²) >= 11 is 0. The van der Waals surface area contributed by atoms with Crippen LogP contribution in [0.4, 0.5) is 0 Å². The van der Waals surface area contributed by atoms with Gasteiger partial charge in [0.15, 0.2) is 0 Å². The molecule has 0 aliphatic heterocycles. The Morgan fingerprint density at radius 1 is 1.36 bits per heavy atom. The first-order valence-electron chi connectivity index (χ1n) is 4.69. The molecule has 0 aromatic rings.